The molecule has 0 aliphatic rings. The van der Waals surface area contributed by atoms with Crippen molar-refractivity contribution >= 4 is 33.4 Å². The molecule has 0 radical (unpaired) electrons. The number of benzene rings is 2. The maximum atomic E-state index is 11.8. The zero-order valence-corrected chi connectivity index (χ0v) is 11.8. The second-order valence-corrected chi connectivity index (χ2v) is 5.17. The van der Waals surface area contributed by atoms with Gasteiger partial charge in [-0.25, -0.2) is 0 Å². The fraction of sp³-hybridized carbons (Fsp3) is 0.0714. The first kappa shape index (κ1) is 13.1. The molecule has 0 bridgehead atoms. The lowest BCUT2D eigenvalue weighted by Gasteiger charge is -2.05. The number of amides is 1. The van der Waals surface area contributed by atoms with E-state index >= 15 is 0 Å². The number of hydrogen-bond donors (Lipinski definition) is 1. The van der Waals surface area contributed by atoms with E-state index in [-0.39, 0.29) is 5.91 Å². The van der Waals surface area contributed by atoms with Crippen molar-refractivity contribution in [1.29, 1.82) is 0 Å². The Morgan fingerprint density at radius 3 is 2.28 bits per heavy atom. The van der Waals surface area contributed by atoms with Gasteiger partial charge in [-0.3, -0.25) is 4.79 Å². The quantitative estimate of drug-likeness (QED) is 0.907. The van der Waals surface area contributed by atoms with Gasteiger partial charge < -0.3 is 5.32 Å². The third kappa shape index (κ3) is 3.59. The fourth-order valence-electron chi connectivity index (χ4n) is 1.49. The lowest BCUT2D eigenvalue weighted by molar-refractivity contribution is 0.0951. The average Bonchev–Trinajstić information content (AvgIpc) is 2.38. The number of nitrogens with one attached hydrogen (secondary N) is 1. The minimum atomic E-state index is -0.102. The van der Waals surface area contributed by atoms with Crippen molar-refractivity contribution in [3.8, 4) is 0 Å². The molecule has 1 amide bonds. The summed E-state index contributed by atoms with van der Waals surface area (Å²) in [6.45, 7) is 0.509. The van der Waals surface area contributed by atoms with Gasteiger partial charge in [-0.2, -0.15) is 0 Å². The maximum absolute atomic E-state index is 11.8. The molecule has 0 aliphatic heterocycles. The number of hydrogen-bond acceptors (Lipinski definition) is 1. The normalized spacial score (nSPS) is 10.1. The van der Waals surface area contributed by atoms with E-state index in [0.717, 1.165) is 10.0 Å². The zero-order chi connectivity index (χ0) is 13.0. The molecule has 4 heteroatoms. The summed E-state index contributed by atoms with van der Waals surface area (Å²) >= 11 is 9.14. The van der Waals surface area contributed by atoms with Crippen LogP contribution in [0.4, 0.5) is 0 Å². The molecule has 0 unspecified atom stereocenters. The minimum absolute atomic E-state index is 0.102. The van der Waals surface area contributed by atoms with Crippen molar-refractivity contribution < 1.29 is 4.79 Å². The summed E-state index contributed by atoms with van der Waals surface area (Å²) in [7, 11) is 0. The molecule has 0 fully saturated rings. The first-order valence-electron chi connectivity index (χ1n) is 5.43. The molecule has 2 nitrogen and oxygen atoms in total. The van der Waals surface area contributed by atoms with Crippen LogP contribution < -0.4 is 5.32 Å². The summed E-state index contributed by atoms with van der Waals surface area (Å²) in [6.07, 6.45) is 0. The van der Waals surface area contributed by atoms with Crippen molar-refractivity contribution in [3.63, 3.8) is 0 Å². The number of carbonyl (C=O) groups excluding carboxylic acids is 1. The van der Waals surface area contributed by atoms with Gasteiger partial charge in [0.25, 0.3) is 5.91 Å². The predicted octanol–water partition coefficient (Wildman–Crippen LogP) is 4.03. The molecule has 2 rings (SSSR count). The van der Waals surface area contributed by atoms with Crippen LogP contribution in [0, 0.1) is 0 Å². The van der Waals surface area contributed by atoms with Gasteiger partial charge in [-0.1, -0.05) is 39.7 Å². The van der Waals surface area contributed by atoms with Gasteiger partial charge in [0, 0.05) is 21.6 Å². The first-order valence-corrected chi connectivity index (χ1v) is 6.60. The van der Waals surface area contributed by atoms with Gasteiger partial charge in [0.1, 0.15) is 0 Å². The van der Waals surface area contributed by atoms with E-state index in [1.807, 2.05) is 24.3 Å². The Kier molecular flexibility index (Phi) is 4.39. The van der Waals surface area contributed by atoms with E-state index in [9.17, 15) is 4.79 Å². The van der Waals surface area contributed by atoms with E-state index < -0.39 is 0 Å². The Bertz CT molecular complexity index is 537. The standard InChI is InChI=1S/C14H11BrClNO/c15-12-5-1-10(2-6-12)9-17-14(18)11-3-7-13(16)8-4-11/h1-8H,9H2,(H,17,18). The smallest absolute Gasteiger partial charge is 0.251 e. The molecular weight excluding hydrogens is 314 g/mol. The summed E-state index contributed by atoms with van der Waals surface area (Å²) in [5, 5.41) is 3.48. The molecular formula is C14H11BrClNO. The van der Waals surface area contributed by atoms with Crippen LogP contribution in [0.5, 0.6) is 0 Å². The Balaban J connectivity index is 1.96. The van der Waals surface area contributed by atoms with Gasteiger partial charge >= 0.3 is 0 Å². The number of carbonyl (C=O) groups is 1. The van der Waals surface area contributed by atoms with Crippen molar-refractivity contribution in [2.24, 2.45) is 0 Å². The number of rotatable bonds is 3. The molecule has 2 aromatic carbocycles. The van der Waals surface area contributed by atoms with E-state index in [4.69, 9.17) is 11.6 Å². The van der Waals surface area contributed by atoms with E-state index in [2.05, 4.69) is 21.2 Å². The molecule has 0 heterocycles. The highest BCUT2D eigenvalue weighted by Crippen LogP contribution is 2.11. The molecule has 0 aliphatic carbocycles. The van der Waals surface area contributed by atoms with Crippen LogP contribution in [0.25, 0.3) is 0 Å². The highest BCUT2D eigenvalue weighted by Gasteiger charge is 2.04. The third-order valence-electron chi connectivity index (χ3n) is 2.47. The second kappa shape index (κ2) is 6.03. The highest BCUT2D eigenvalue weighted by molar-refractivity contribution is 9.10. The van der Waals surface area contributed by atoms with E-state index in [1.54, 1.807) is 24.3 Å². The second-order valence-electron chi connectivity index (χ2n) is 3.82. The van der Waals surface area contributed by atoms with Crippen LogP contribution in [-0.2, 0) is 6.54 Å². The largest absolute Gasteiger partial charge is 0.348 e. The van der Waals surface area contributed by atoms with Crippen LogP contribution >= 0.6 is 27.5 Å². The molecule has 2 aromatic rings. The van der Waals surface area contributed by atoms with E-state index in [0.29, 0.717) is 17.1 Å². The summed E-state index contributed by atoms with van der Waals surface area (Å²) in [5.41, 5.74) is 1.66. The molecule has 92 valence electrons. The van der Waals surface area contributed by atoms with Crippen LogP contribution in [-0.4, -0.2) is 5.91 Å². The molecule has 0 aromatic heterocycles. The third-order valence-corrected chi connectivity index (χ3v) is 3.25. The van der Waals surface area contributed by atoms with E-state index in [1.165, 1.54) is 0 Å². The topological polar surface area (TPSA) is 29.1 Å². The fourth-order valence-corrected chi connectivity index (χ4v) is 1.88. The predicted molar refractivity (Wildman–Crippen MR) is 76.8 cm³/mol. The van der Waals surface area contributed by atoms with Crippen molar-refractivity contribution in [2.45, 2.75) is 6.54 Å². The van der Waals surface area contributed by atoms with Crippen LogP contribution in [0.15, 0.2) is 53.0 Å². The zero-order valence-electron chi connectivity index (χ0n) is 9.49. The van der Waals surface area contributed by atoms with Crippen LogP contribution in [0.3, 0.4) is 0 Å². The Labute approximate surface area is 119 Å². The molecule has 18 heavy (non-hydrogen) atoms. The number of halogens is 2. The lowest BCUT2D eigenvalue weighted by Crippen LogP contribution is -2.22. The molecule has 1 N–H and O–H groups in total. The lowest BCUT2D eigenvalue weighted by atomic mass is 10.2. The maximum Gasteiger partial charge on any atom is 0.251 e. The van der Waals surface area contributed by atoms with Crippen molar-refractivity contribution in [1.82, 2.24) is 5.32 Å². The van der Waals surface area contributed by atoms with Gasteiger partial charge in [-0.15, -0.1) is 0 Å². The van der Waals surface area contributed by atoms with Gasteiger partial charge in [0.2, 0.25) is 0 Å². The summed E-state index contributed by atoms with van der Waals surface area (Å²) in [6, 6.07) is 14.6. The average molecular weight is 325 g/mol. The highest BCUT2D eigenvalue weighted by atomic mass is 79.9. The Morgan fingerprint density at radius 2 is 1.67 bits per heavy atom. The summed E-state index contributed by atoms with van der Waals surface area (Å²) in [4.78, 5) is 11.8. The Morgan fingerprint density at radius 1 is 1.06 bits per heavy atom. The van der Waals surface area contributed by atoms with Gasteiger partial charge in [0.05, 0.1) is 0 Å². The van der Waals surface area contributed by atoms with Gasteiger partial charge in [-0.05, 0) is 42.0 Å². The van der Waals surface area contributed by atoms with Crippen LogP contribution in [0.1, 0.15) is 15.9 Å². The molecule has 0 atom stereocenters. The van der Waals surface area contributed by atoms with Crippen LogP contribution in [0.2, 0.25) is 5.02 Å². The Hall–Kier alpha value is -1.32. The monoisotopic (exact) mass is 323 g/mol. The molecule has 0 saturated heterocycles. The first-order chi connectivity index (χ1) is 8.65. The minimum Gasteiger partial charge on any atom is -0.348 e. The van der Waals surface area contributed by atoms with Gasteiger partial charge in [0.15, 0.2) is 0 Å². The summed E-state index contributed by atoms with van der Waals surface area (Å²) in [5.74, 6) is -0.102. The van der Waals surface area contributed by atoms with Crippen molar-refractivity contribution in [3.05, 3.63) is 69.2 Å². The summed E-state index contributed by atoms with van der Waals surface area (Å²) < 4.78 is 1.02. The van der Waals surface area contributed by atoms with Crippen molar-refractivity contribution in [2.75, 3.05) is 0 Å². The molecule has 0 spiro atoms. The SMILES string of the molecule is O=C(NCc1ccc(Br)cc1)c1ccc(Cl)cc1. The molecule has 0 saturated carbocycles.